The first-order valence-corrected chi connectivity index (χ1v) is 7.73. The summed E-state index contributed by atoms with van der Waals surface area (Å²) in [6, 6.07) is 3.35. The Hall–Kier alpha value is -1.67. The topological polar surface area (TPSA) is 107 Å². The fraction of sp³-hybridized carbons (Fsp3) is 0.500. The van der Waals surface area contributed by atoms with Gasteiger partial charge in [0.05, 0.1) is 10.6 Å². The first-order valence-electron chi connectivity index (χ1n) is 6.29. The number of nitrogen functional groups attached to an aromatic ring is 1. The molecule has 1 saturated heterocycles. The van der Waals surface area contributed by atoms with Crippen LogP contribution in [0.1, 0.15) is 20.3 Å². The molecule has 0 aromatic heterocycles. The number of nitrogens with two attached hydrogens (primary N) is 1. The van der Waals surface area contributed by atoms with Crippen molar-refractivity contribution in [3.8, 4) is 0 Å². The monoisotopic (exact) mass is 299 g/mol. The van der Waals surface area contributed by atoms with E-state index in [0.717, 1.165) is 18.6 Å². The van der Waals surface area contributed by atoms with Crippen LogP contribution in [0.3, 0.4) is 0 Å². The van der Waals surface area contributed by atoms with Gasteiger partial charge in [-0.25, -0.2) is 8.42 Å². The van der Waals surface area contributed by atoms with Crippen molar-refractivity contribution in [2.24, 2.45) is 5.92 Å². The van der Waals surface area contributed by atoms with Crippen molar-refractivity contribution in [1.82, 2.24) is 4.31 Å². The Balaban J connectivity index is 2.42. The van der Waals surface area contributed by atoms with Crippen LogP contribution in [0, 0.1) is 16.0 Å². The Bertz CT molecular complexity index is 644. The van der Waals surface area contributed by atoms with Crippen molar-refractivity contribution in [3.63, 3.8) is 0 Å². The second kappa shape index (κ2) is 5.02. The third kappa shape index (κ3) is 2.48. The molecule has 2 atom stereocenters. The van der Waals surface area contributed by atoms with Gasteiger partial charge in [0, 0.05) is 24.7 Å². The summed E-state index contributed by atoms with van der Waals surface area (Å²) < 4.78 is 26.5. The van der Waals surface area contributed by atoms with Gasteiger partial charge in [-0.15, -0.1) is 0 Å². The van der Waals surface area contributed by atoms with Gasteiger partial charge in [0.1, 0.15) is 4.90 Å². The van der Waals surface area contributed by atoms with Crippen LogP contribution in [0.4, 0.5) is 11.4 Å². The van der Waals surface area contributed by atoms with Gasteiger partial charge in [-0.05, 0) is 25.3 Å². The standard InChI is InChI=1S/C12H17N3O4S/c1-8-5-9(2)14(7-8)20(18,19)12-4-3-10(15(16)17)6-11(12)13/h3-4,6,8-9H,5,7,13H2,1-2H3. The molecule has 1 heterocycles. The lowest BCUT2D eigenvalue weighted by Gasteiger charge is -2.21. The van der Waals surface area contributed by atoms with Gasteiger partial charge in [0.25, 0.3) is 5.69 Å². The van der Waals surface area contributed by atoms with Crippen LogP contribution in [-0.2, 0) is 10.0 Å². The summed E-state index contributed by atoms with van der Waals surface area (Å²) in [6.45, 7) is 4.29. The molecule has 0 bridgehead atoms. The first-order chi connectivity index (χ1) is 9.23. The highest BCUT2D eigenvalue weighted by Crippen LogP contribution is 2.32. The predicted molar refractivity (Wildman–Crippen MR) is 74.6 cm³/mol. The highest BCUT2D eigenvalue weighted by atomic mass is 32.2. The van der Waals surface area contributed by atoms with E-state index in [-0.39, 0.29) is 22.3 Å². The number of hydrogen-bond donors (Lipinski definition) is 1. The van der Waals surface area contributed by atoms with E-state index in [1.165, 1.54) is 10.4 Å². The van der Waals surface area contributed by atoms with Crippen LogP contribution in [0.25, 0.3) is 0 Å². The summed E-state index contributed by atoms with van der Waals surface area (Å²) in [6.07, 6.45) is 0.798. The van der Waals surface area contributed by atoms with Crippen LogP contribution in [0.15, 0.2) is 23.1 Å². The van der Waals surface area contributed by atoms with Crippen LogP contribution < -0.4 is 5.73 Å². The number of sulfonamides is 1. The molecule has 7 nitrogen and oxygen atoms in total. The second-order valence-corrected chi connectivity index (χ2v) is 7.10. The van der Waals surface area contributed by atoms with Crippen molar-refractivity contribution in [3.05, 3.63) is 28.3 Å². The highest BCUT2D eigenvalue weighted by molar-refractivity contribution is 7.89. The molecule has 1 aliphatic heterocycles. The molecule has 0 spiro atoms. The molecule has 20 heavy (non-hydrogen) atoms. The summed E-state index contributed by atoms with van der Waals surface area (Å²) in [5.41, 5.74) is 5.37. The maximum atomic E-state index is 12.6. The van der Waals surface area contributed by atoms with E-state index in [0.29, 0.717) is 12.5 Å². The van der Waals surface area contributed by atoms with Gasteiger partial charge in [-0.2, -0.15) is 4.31 Å². The zero-order valence-corrected chi connectivity index (χ0v) is 12.1. The molecule has 0 radical (unpaired) electrons. The van der Waals surface area contributed by atoms with E-state index in [4.69, 9.17) is 5.73 Å². The van der Waals surface area contributed by atoms with E-state index in [1.54, 1.807) is 0 Å². The molecule has 110 valence electrons. The largest absolute Gasteiger partial charge is 0.397 e. The fourth-order valence-corrected chi connectivity index (χ4v) is 4.47. The molecule has 1 aromatic carbocycles. The molecule has 0 amide bonds. The first kappa shape index (κ1) is 14.7. The van der Waals surface area contributed by atoms with Crippen molar-refractivity contribution in [1.29, 1.82) is 0 Å². The quantitative estimate of drug-likeness (QED) is 0.518. The average molecular weight is 299 g/mol. The van der Waals surface area contributed by atoms with Gasteiger partial charge in [0.2, 0.25) is 10.0 Å². The lowest BCUT2D eigenvalue weighted by atomic mass is 10.1. The lowest BCUT2D eigenvalue weighted by molar-refractivity contribution is -0.384. The third-order valence-corrected chi connectivity index (χ3v) is 5.57. The Kier molecular flexibility index (Phi) is 3.70. The van der Waals surface area contributed by atoms with Gasteiger partial charge < -0.3 is 5.73 Å². The zero-order chi connectivity index (χ0) is 15.1. The van der Waals surface area contributed by atoms with Crippen molar-refractivity contribution < 1.29 is 13.3 Å². The Morgan fingerprint density at radius 3 is 2.50 bits per heavy atom. The number of benzene rings is 1. The molecule has 2 N–H and O–H groups in total. The summed E-state index contributed by atoms with van der Waals surface area (Å²) in [5.74, 6) is 0.291. The van der Waals surface area contributed by atoms with Crippen molar-refractivity contribution >= 4 is 21.4 Å². The van der Waals surface area contributed by atoms with E-state index in [2.05, 4.69) is 0 Å². The average Bonchev–Trinajstić information content (AvgIpc) is 2.68. The number of nitro benzene ring substituents is 1. The van der Waals surface area contributed by atoms with Crippen molar-refractivity contribution in [2.45, 2.75) is 31.2 Å². The summed E-state index contributed by atoms with van der Waals surface area (Å²) >= 11 is 0. The summed E-state index contributed by atoms with van der Waals surface area (Å²) in [4.78, 5) is 9.99. The Morgan fingerprint density at radius 2 is 2.05 bits per heavy atom. The van der Waals surface area contributed by atoms with Crippen LogP contribution in [-0.4, -0.2) is 30.2 Å². The Labute approximate surface area is 117 Å². The molecule has 1 aliphatic rings. The molecule has 8 heteroatoms. The number of anilines is 1. The zero-order valence-electron chi connectivity index (χ0n) is 11.3. The van der Waals surface area contributed by atoms with Gasteiger partial charge >= 0.3 is 0 Å². The number of non-ortho nitro benzene ring substituents is 1. The lowest BCUT2D eigenvalue weighted by Crippen LogP contribution is -2.34. The molecule has 2 rings (SSSR count). The highest BCUT2D eigenvalue weighted by Gasteiger charge is 2.37. The number of hydrogen-bond acceptors (Lipinski definition) is 5. The normalized spacial score (nSPS) is 23.9. The molecule has 0 saturated carbocycles. The van der Waals surface area contributed by atoms with E-state index in [1.807, 2.05) is 13.8 Å². The van der Waals surface area contributed by atoms with Crippen LogP contribution >= 0.6 is 0 Å². The molecular formula is C12H17N3O4S. The number of rotatable bonds is 3. The minimum absolute atomic E-state index is 0.0657. The van der Waals surface area contributed by atoms with E-state index < -0.39 is 14.9 Å². The van der Waals surface area contributed by atoms with Crippen LogP contribution in [0.2, 0.25) is 0 Å². The number of nitro groups is 1. The van der Waals surface area contributed by atoms with Gasteiger partial charge in [-0.1, -0.05) is 6.92 Å². The summed E-state index contributed by atoms with van der Waals surface area (Å²) in [5, 5.41) is 10.7. The Morgan fingerprint density at radius 1 is 1.40 bits per heavy atom. The predicted octanol–water partition coefficient (Wildman–Crippen LogP) is 1.60. The number of nitrogens with zero attached hydrogens (tertiary/aromatic N) is 2. The van der Waals surface area contributed by atoms with Crippen LogP contribution in [0.5, 0.6) is 0 Å². The molecule has 2 unspecified atom stereocenters. The maximum absolute atomic E-state index is 12.6. The van der Waals surface area contributed by atoms with E-state index >= 15 is 0 Å². The second-order valence-electron chi connectivity index (χ2n) is 5.24. The van der Waals surface area contributed by atoms with Gasteiger partial charge in [-0.3, -0.25) is 10.1 Å². The molecular weight excluding hydrogens is 282 g/mol. The van der Waals surface area contributed by atoms with Crippen molar-refractivity contribution in [2.75, 3.05) is 12.3 Å². The fourth-order valence-electron chi connectivity index (χ4n) is 2.61. The summed E-state index contributed by atoms with van der Waals surface area (Å²) in [7, 11) is -3.71. The minimum Gasteiger partial charge on any atom is -0.397 e. The molecule has 1 aromatic rings. The molecule has 1 fully saturated rings. The third-order valence-electron chi connectivity index (χ3n) is 3.52. The maximum Gasteiger partial charge on any atom is 0.271 e. The smallest absolute Gasteiger partial charge is 0.271 e. The van der Waals surface area contributed by atoms with Gasteiger partial charge in [0.15, 0.2) is 0 Å². The molecule has 0 aliphatic carbocycles. The SMILES string of the molecule is CC1CC(C)N(S(=O)(=O)c2ccc([N+](=O)[O-])cc2N)C1. The minimum atomic E-state index is -3.71. The van der Waals surface area contributed by atoms with E-state index in [9.17, 15) is 18.5 Å².